The van der Waals surface area contributed by atoms with Gasteiger partial charge in [-0.25, -0.2) is 0 Å². The molecule has 1 unspecified atom stereocenters. The summed E-state index contributed by atoms with van der Waals surface area (Å²) >= 11 is 0. The molecule has 126 valence electrons. The van der Waals surface area contributed by atoms with E-state index in [-0.39, 0.29) is 11.9 Å². The first-order valence-electron chi connectivity index (χ1n) is 8.93. The molecule has 25 heavy (non-hydrogen) atoms. The quantitative estimate of drug-likeness (QED) is 0.607. The van der Waals surface area contributed by atoms with Gasteiger partial charge in [0.2, 0.25) is 0 Å². The van der Waals surface area contributed by atoms with Gasteiger partial charge in [-0.15, -0.1) is 0 Å². The maximum absolute atomic E-state index is 12.8. The number of carbonyl (C=O) groups is 1. The van der Waals surface area contributed by atoms with Gasteiger partial charge in [-0.1, -0.05) is 72.8 Å². The number of benzene rings is 3. The van der Waals surface area contributed by atoms with Crippen LogP contribution in [-0.2, 0) is 16.0 Å². The molecule has 0 N–H and O–H groups in total. The third-order valence-corrected chi connectivity index (χ3v) is 5.30. The lowest BCUT2D eigenvalue weighted by atomic mass is 9.91. The monoisotopic (exact) mass is 330 g/mol. The number of ether oxygens (including phenoxy) is 1. The molecule has 0 spiro atoms. The third-order valence-electron chi connectivity index (χ3n) is 5.30. The van der Waals surface area contributed by atoms with Crippen LogP contribution >= 0.6 is 0 Å². The van der Waals surface area contributed by atoms with Gasteiger partial charge in [0.25, 0.3) is 0 Å². The van der Waals surface area contributed by atoms with Gasteiger partial charge in [-0.2, -0.15) is 0 Å². The smallest absolute Gasteiger partial charge is 0.313 e. The molecular formula is C23H22O2. The molecule has 1 saturated carbocycles. The van der Waals surface area contributed by atoms with E-state index in [1.165, 1.54) is 21.9 Å². The van der Waals surface area contributed by atoms with Gasteiger partial charge in [0.1, 0.15) is 0 Å². The van der Waals surface area contributed by atoms with E-state index in [4.69, 9.17) is 4.74 Å². The Morgan fingerprint density at radius 1 is 1.00 bits per heavy atom. The van der Waals surface area contributed by atoms with E-state index in [0.717, 1.165) is 12.8 Å². The maximum atomic E-state index is 12.8. The molecule has 3 aromatic rings. The van der Waals surface area contributed by atoms with Crippen molar-refractivity contribution in [2.45, 2.75) is 25.7 Å². The summed E-state index contributed by atoms with van der Waals surface area (Å²) in [7, 11) is 0. The highest BCUT2D eigenvalue weighted by atomic mass is 16.5. The van der Waals surface area contributed by atoms with Crippen LogP contribution in [0, 0.1) is 5.41 Å². The van der Waals surface area contributed by atoms with Crippen LogP contribution in [0.5, 0.6) is 0 Å². The Morgan fingerprint density at radius 3 is 2.48 bits per heavy atom. The highest BCUT2D eigenvalue weighted by Crippen LogP contribution is 2.62. The van der Waals surface area contributed by atoms with E-state index in [2.05, 4.69) is 54.6 Å². The molecule has 3 aromatic carbocycles. The molecule has 1 fully saturated rings. The lowest BCUT2D eigenvalue weighted by Crippen LogP contribution is -2.23. The van der Waals surface area contributed by atoms with Crippen LogP contribution in [0.25, 0.3) is 10.8 Å². The molecule has 0 aromatic heterocycles. The van der Waals surface area contributed by atoms with Crippen LogP contribution in [0.3, 0.4) is 0 Å². The topological polar surface area (TPSA) is 26.3 Å². The van der Waals surface area contributed by atoms with Gasteiger partial charge in [0.05, 0.1) is 12.0 Å². The summed E-state index contributed by atoms with van der Waals surface area (Å²) in [6.45, 7) is 2.31. The summed E-state index contributed by atoms with van der Waals surface area (Å²) in [6, 6.07) is 25.2. The summed E-state index contributed by atoms with van der Waals surface area (Å²) in [5.41, 5.74) is 2.02. The molecule has 0 saturated heterocycles. The maximum Gasteiger partial charge on any atom is 0.313 e. The molecular weight excluding hydrogens is 308 g/mol. The number of fused-ring (bicyclic) bond motifs is 1. The Labute approximate surface area is 148 Å². The van der Waals surface area contributed by atoms with Gasteiger partial charge in [0.15, 0.2) is 0 Å². The number of hydrogen-bond acceptors (Lipinski definition) is 2. The number of carbonyl (C=O) groups excluding carboxylic acids is 1. The van der Waals surface area contributed by atoms with Crippen molar-refractivity contribution in [2.24, 2.45) is 5.41 Å². The van der Waals surface area contributed by atoms with Crippen LogP contribution < -0.4 is 0 Å². The molecule has 1 aliphatic carbocycles. The van der Waals surface area contributed by atoms with Gasteiger partial charge in [0, 0.05) is 5.92 Å². The average molecular weight is 330 g/mol. The summed E-state index contributed by atoms with van der Waals surface area (Å²) < 4.78 is 5.44. The van der Waals surface area contributed by atoms with Gasteiger partial charge < -0.3 is 4.74 Å². The molecule has 1 aliphatic rings. The van der Waals surface area contributed by atoms with E-state index in [0.29, 0.717) is 6.61 Å². The van der Waals surface area contributed by atoms with Crippen molar-refractivity contribution in [2.75, 3.05) is 6.61 Å². The Morgan fingerprint density at radius 2 is 1.72 bits per heavy atom. The average Bonchev–Trinajstić information content (AvgIpc) is 3.38. The summed E-state index contributed by atoms with van der Waals surface area (Å²) in [5, 5.41) is 2.46. The standard InChI is InChI=1S/C23H22O2/c1-2-25-22(24)23(15-17-8-4-3-5-9-17)16-21(23)20-13-12-18-10-6-7-11-19(18)14-20/h3-14,21H,2,15-16H2,1H3/t21?,23-/m1/s1. The van der Waals surface area contributed by atoms with Crippen molar-refractivity contribution in [3.05, 3.63) is 83.9 Å². The van der Waals surface area contributed by atoms with Gasteiger partial charge >= 0.3 is 5.97 Å². The van der Waals surface area contributed by atoms with Crippen LogP contribution in [-0.4, -0.2) is 12.6 Å². The molecule has 2 atom stereocenters. The van der Waals surface area contributed by atoms with E-state index < -0.39 is 5.41 Å². The number of esters is 1. The fourth-order valence-electron chi connectivity index (χ4n) is 3.89. The normalized spacial score (nSPS) is 21.9. The lowest BCUT2D eigenvalue weighted by Gasteiger charge is -2.17. The number of rotatable bonds is 5. The molecule has 2 heteroatoms. The lowest BCUT2D eigenvalue weighted by molar-refractivity contribution is -0.149. The Bertz CT molecular complexity index is 900. The second-order valence-electron chi connectivity index (χ2n) is 6.90. The number of hydrogen-bond donors (Lipinski definition) is 0. The molecule has 0 aliphatic heterocycles. The minimum Gasteiger partial charge on any atom is -0.466 e. The highest BCUT2D eigenvalue weighted by Gasteiger charge is 2.61. The molecule has 0 bridgehead atoms. The molecule has 2 nitrogen and oxygen atoms in total. The predicted octanol–water partition coefficient (Wildman–Crippen LogP) is 5.12. The Balaban J connectivity index is 1.67. The molecule has 0 radical (unpaired) electrons. The van der Waals surface area contributed by atoms with Crippen molar-refractivity contribution in [3.63, 3.8) is 0 Å². The van der Waals surface area contributed by atoms with Gasteiger partial charge in [-0.05, 0) is 41.7 Å². The molecule has 4 rings (SSSR count). The Hall–Kier alpha value is -2.61. The highest BCUT2D eigenvalue weighted by molar-refractivity contribution is 5.86. The minimum atomic E-state index is -0.417. The van der Waals surface area contributed by atoms with E-state index in [1.807, 2.05) is 25.1 Å². The van der Waals surface area contributed by atoms with Crippen LogP contribution in [0.4, 0.5) is 0 Å². The summed E-state index contributed by atoms with van der Waals surface area (Å²) in [6.07, 6.45) is 1.60. The van der Waals surface area contributed by atoms with Crippen LogP contribution in [0.15, 0.2) is 72.8 Å². The zero-order chi connectivity index (χ0) is 17.3. The minimum absolute atomic E-state index is 0.0583. The molecule has 0 heterocycles. The summed E-state index contributed by atoms with van der Waals surface area (Å²) in [4.78, 5) is 12.8. The zero-order valence-electron chi connectivity index (χ0n) is 14.4. The first-order valence-corrected chi connectivity index (χ1v) is 8.93. The van der Waals surface area contributed by atoms with Crippen molar-refractivity contribution in [1.29, 1.82) is 0 Å². The zero-order valence-corrected chi connectivity index (χ0v) is 14.4. The summed E-state index contributed by atoms with van der Waals surface area (Å²) in [5.74, 6) is 0.174. The van der Waals surface area contributed by atoms with Crippen molar-refractivity contribution in [1.82, 2.24) is 0 Å². The second kappa shape index (κ2) is 6.36. The van der Waals surface area contributed by atoms with Crippen molar-refractivity contribution in [3.8, 4) is 0 Å². The SMILES string of the molecule is CCOC(=O)[C@]1(Cc2ccccc2)CC1c1ccc2ccccc2c1. The first kappa shape index (κ1) is 15.9. The predicted molar refractivity (Wildman–Crippen MR) is 101 cm³/mol. The van der Waals surface area contributed by atoms with Gasteiger partial charge in [-0.3, -0.25) is 4.79 Å². The van der Waals surface area contributed by atoms with E-state index in [1.54, 1.807) is 0 Å². The fraction of sp³-hybridized carbons (Fsp3) is 0.261. The first-order chi connectivity index (χ1) is 12.2. The van der Waals surface area contributed by atoms with E-state index in [9.17, 15) is 4.79 Å². The van der Waals surface area contributed by atoms with Crippen LogP contribution in [0.1, 0.15) is 30.4 Å². The second-order valence-corrected chi connectivity index (χ2v) is 6.90. The molecule has 0 amide bonds. The van der Waals surface area contributed by atoms with Crippen molar-refractivity contribution >= 4 is 16.7 Å². The fourth-order valence-corrected chi connectivity index (χ4v) is 3.89. The third kappa shape index (κ3) is 2.93. The Kier molecular flexibility index (Phi) is 4.04. The van der Waals surface area contributed by atoms with Crippen LogP contribution in [0.2, 0.25) is 0 Å². The van der Waals surface area contributed by atoms with E-state index >= 15 is 0 Å². The van der Waals surface area contributed by atoms with Crippen molar-refractivity contribution < 1.29 is 9.53 Å². The largest absolute Gasteiger partial charge is 0.466 e.